The molecule has 10 heteroatoms. The first-order chi connectivity index (χ1) is 16.6. The van der Waals surface area contributed by atoms with Gasteiger partial charge in [-0.05, 0) is 49.2 Å². The highest BCUT2D eigenvalue weighted by Gasteiger charge is 2.08. The highest BCUT2D eigenvalue weighted by atomic mass is 15.4. The first-order valence-electron chi connectivity index (χ1n) is 10.7. The third-order valence-electron chi connectivity index (χ3n) is 5.41. The summed E-state index contributed by atoms with van der Waals surface area (Å²) >= 11 is 0. The number of aryl methyl sites for hydroxylation is 2. The van der Waals surface area contributed by atoms with Crippen LogP contribution >= 0.6 is 0 Å². The molecule has 0 radical (unpaired) electrons. The molecular formula is C24H20N10. The van der Waals surface area contributed by atoms with Crippen LogP contribution in [0.5, 0.6) is 0 Å². The number of nitrogens with one attached hydrogen (secondary N) is 2. The van der Waals surface area contributed by atoms with Crippen LogP contribution in [0, 0.1) is 13.8 Å². The lowest BCUT2D eigenvalue weighted by Gasteiger charge is -2.11. The molecule has 0 aliphatic carbocycles. The molecular weight excluding hydrogens is 428 g/mol. The monoisotopic (exact) mass is 448 g/mol. The van der Waals surface area contributed by atoms with Crippen molar-refractivity contribution in [2.24, 2.45) is 0 Å². The lowest BCUT2D eigenvalue weighted by molar-refractivity contribution is 0.937. The minimum atomic E-state index is 0.569. The minimum Gasteiger partial charge on any atom is -0.340 e. The third-order valence-corrected chi connectivity index (χ3v) is 5.41. The average molecular weight is 448 g/mol. The Morgan fingerprint density at radius 1 is 0.588 bits per heavy atom. The molecule has 0 atom stereocenters. The molecule has 6 aromatic rings. The molecule has 0 aliphatic heterocycles. The van der Waals surface area contributed by atoms with Crippen molar-refractivity contribution in [1.29, 1.82) is 0 Å². The molecule has 0 fully saturated rings. The number of hydrogen-bond acceptors (Lipinski definition) is 8. The summed E-state index contributed by atoms with van der Waals surface area (Å²) in [6.45, 7) is 3.87. The molecule has 166 valence electrons. The van der Waals surface area contributed by atoms with Crippen LogP contribution in [0.3, 0.4) is 0 Å². The first kappa shape index (κ1) is 19.8. The standard InChI is InChI=1S/C24H20N10/c1-15-11-21(33-23(29-15)25-13-27-33)31-19-7-3-17(4-8-19)18-5-9-20(10-6-18)32-22-12-16(2)30-24-26-14-28-34(22)24/h3-14,31-32H,1-2H3. The smallest absolute Gasteiger partial charge is 0.254 e. The summed E-state index contributed by atoms with van der Waals surface area (Å²) in [5.74, 6) is 2.77. The van der Waals surface area contributed by atoms with Gasteiger partial charge in [-0.3, -0.25) is 0 Å². The van der Waals surface area contributed by atoms with E-state index in [-0.39, 0.29) is 0 Å². The van der Waals surface area contributed by atoms with E-state index >= 15 is 0 Å². The Balaban J connectivity index is 1.21. The van der Waals surface area contributed by atoms with Crippen molar-refractivity contribution in [3.05, 3.63) is 84.7 Å². The van der Waals surface area contributed by atoms with E-state index in [9.17, 15) is 0 Å². The largest absolute Gasteiger partial charge is 0.340 e. The maximum atomic E-state index is 4.37. The summed E-state index contributed by atoms with van der Waals surface area (Å²) in [6.07, 6.45) is 3.00. The van der Waals surface area contributed by atoms with Crippen LogP contribution in [-0.4, -0.2) is 39.2 Å². The van der Waals surface area contributed by atoms with Gasteiger partial charge in [-0.15, -0.1) is 0 Å². The number of anilines is 4. The molecule has 4 heterocycles. The highest BCUT2D eigenvalue weighted by Crippen LogP contribution is 2.26. The van der Waals surface area contributed by atoms with Crippen LogP contribution in [0.2, 0.25) is 0 Å². The number of aromatic nitrogens is 8. The molecule has 0 aliphatic rings. The fourth-order valence-corrected chi connectivity index (χ4v) is 3.83. The molecule has 4 aromatic heterocycles. The van der Waals surface area contributed by atoms with Gasteiger partial charge in [-0.2, -0.15) is 29.2 Å². The zero-order valence-corrected chi connectivity index (χ0v) is 18.5. The second kappa shape index (κ2) is 7.93. The van der Waals surface area contributed by atoms with Crippen molar-refractivity contribution < 1.29 is 0 Å². The molecule has 6 rings (SSSR count). The van der Waals surface area contributed by atoms with E-state index in [1.54, 1.807) is 9.03 Å². The van der Waals surface area contributed by atoms with Crippen molar-refractivity contribution in [2.75, 3.05) is 10.6 Å². The lowest BCUT2D eigenvalue weighted by atomic mass is 10.0. The maximum Gasteiger partial charge on any atom is 0.254 e. The Morgan fingerprint density at radius 2 is 1.00 bits per heavy atom. The van der Waals surface area contributed by atoms with Crippen LogP contribution < -0.4 is 10.6 Å². The fourth-order valence-electron chi connectivity index (χ4n) is 3.83. The van der Waals surface area contributed by atoms with Crippen LogP contribution in [-0.2, 0) is 0 Å². The van der Waals surface area contributed by atoms with Gasteiger partial charge in [0.25, 0.3) is 11.6 Å². The van der Waals surface area contributed by atoms with Crippen LogP contribution in [0.15, 0.2) is 73.3 Å². The van der Waals surface area contributed by atoms with Crippen molar-refractivity contribution in [3.63, 3.8) is 0 Å². The average Bonchev–Trinajstić information content (AvgIpc) is 3.50. The topological polar surface area (TPSA) is 110 Å². The molecule has 0 unspecified atom stereocenters. The second-order valence-electron chi connectivity index (χ2n) is 7.91. The zero-order chi connectivity index (χ0) is 23.1. The van der Waals surface area contributed by atoms with Crippen LogP contribution in [0.4, 0.5) is 23.0 Å². The predicted octanol–water partition coefficient (Wildman–Crippen LogP) is 4.33. The summed E-state index contributed by atoms with van der Waals surface area (Å²) in [4.78, 5) is 17.1. The fraction of sp³-hybridized carbons (Fsp3) is 0.0833. The van der Waals surface area contributed by atoms with Gasteiger partial charge in [0.15, 0.2) is 0 Å². The van der Waals surface area contributed by atoms with Gasteiger partial charge >= 0.3 is 0 Å². The van der Waals surface area contributed by atoms with E-state index < -0.39 is 0 Å². The van der Waals surface area contributed by atoms with Gasteiger partial charge in [0, 0.05) is 34.9 Å². The minimum absolute atomic E-state index is 0.569. The number of hydrogen-bond donors (Lipinski definition) is 2. The molecule has 0 bridgehead atoms. The quantitative estimate of drug-likeness (QED) is 0.401. The van der Waals surface area contributed by atoms with E-state index in [1.165, 1.54) is 12.7 Å². The molecule has 34 heavy (non-hydrogen) atoms. The van der Waals surface area contributed by atoms with Gasteiger partial charge < -0.3 is 10.6 Å². The van der Waals surface area contributed by atoms with Gasteiger partial charge in [0.05, 0.1) is 0 Å². The summed E-state index contributed by atoms with van der Waals surface area (Å²) < 4.78 is 3.37. The molecule has 0 spiro atoms. The van der Waals surface area contributed by atoms with Gasteiger partial charge in [0.1, 0.15) is 24.3 Å². The number of rotatable bonds is 5. The predicted molar refractivity (Wildman–Crippen MR) is 129 cm³/mol. The Kier molecular flexibility index (Phi) is 4.61. The normalized spacial score (nSPS) is 11.2. The summed E-state index contributed by atoms with van der Waals surface area (Å²) in [5, 5.41) is 15.3. The Hall–Kier alpha value is -4.86. The van der Waals surface area contributed by atoms with E-state index in [1.807, 2.05) is 50.2 Å². The van der Waals surface area contributed by atoms with E-state index in [4.69, 9.17) is 0 Å². The highest BCUT2D eigenvalue weighted by molar-refractivity contribution is 5.70. The van der Waals surface area contributed by atoms with Crippen LogP contribution in [0.1, 0.15) is 11.4 Å². The Morgan fingerprint density at radius 3 is 1.41 bits per heavy atom. The van der Waals surface area contributed by atoms with E-state index in [0.29, 0.717) is 11.6 Å². The van der Waals surface area contributed by atoms with Crippen molar-refractivity contribution in [1.82, 2.24) is 39.2 Å². The van der Waals surface area contributed by atoms with E-state index in [0.717, 1.165) is 45.5 Å². The summed E-state index contributed by atoms with van der Waals surface area (Å²) in [7, 11) is 0. The van der Waals surface area contributed by atoms with Gasteiger partial charge in [0.2, 0.25) is 0 Å². The second-order valence-corrected chi connectivity index (χ2v) is 7.91. The maximum absolute atomic E-state index is 4.37. The Bertz CT molecular complexity index is 1490. The number of benzene rings is 2. The van der Waals surface area contributed by atoms with Gasteiger partial charge in [-0.1, -0.05) is 24.3 Å². The van der Waals surface area contributed by atoms with E-state index in [2.05, 4.69) is 65.0 Å². The van der Waals surface area contributed by atoms with Crippen LogP contribution in [0.25, 0.3) is 22.7 Å². The van der Waals surface area contributed by atoms with Crippen molar-refractivity contribution in [3.8, 4) is 11.1 Å². The number of fused-ring (bicyclic) bond motifs is 2. The Labute approximate surface area is 194 Å². The lowest BCUT2D eigenvalue weighted by Crippen LogP contribution is -2.02. The third kappa shape index (κ3) is 3.66. The molecule has 0 amide bonds. The summed E-state index contributed by atoms with van der Waals surface area (Å²) in [6, 6.07) is 20.4. The van der Waals surface area contributed by atoms with Crippen molar-refractivity contribution in [2.45, 2.75) is 13.8 Å². The zero-order valence-electron chi connectivity index (χ0n) is 18.5. The number of nitrogens with zero attached hydrogens (tertiary/aromatic N) is 8. The SMILES string of the molecule is Cc1cc(Nc2ccc(-c3ccc(Nc4cc(C)nc5ncnn45)cc3)cc2)n2ncnc2n1. The molecule has 2 aromatic carbocycles. The molecule has 0 saturated carbocycles. The molecule has 10 nitrogen and oxygen atoms in total. The molecule has 2 N–H and O–H groups in total. The van der Waals surface area contributed by atoms with Crippen molar-refractivity contribution >= 4 is 34.6 Å². The first-order valence-corrected chi connectivity index (χ1v) is 10.7. The summed E-state index contributed by atoms with van der Waals surface area (Å²) in [5.41, 5.74) is 5.89. The molecule has 0 saturated heterocycles. The van der Waals surface area contributed by atoms with Gasteiger partial charge in [-0.25, -0.2) is 9.97 Å².